The third-order valence-corrected chi connectivity index (χ3v) is 3.19. The SMILES string of the molecule is Cc1ccc(-c2nncn2C2CC2)c(Cl)c1. The van der Waals surface area contributed by atoms with Gasteiger partial charge in [-0.3, -0.25) is 0 Å². The molecule has 2 aromatic rings. The Kier molecular flexibility index (Phi) is 2.21. The second kappa shape index (κ2) is 3.59. The summed E-state index contributed by atoms with van der Waals surface area (Å²) in [7, 11) is 0. The zero-order valence-corrected chi connectivity index (χ0v) is 9.78. The van der Waals surface area contributed by atoms with E-state index in [0.29, 0.717) is 6.04 Å². The molecule has 0 N–H and O–H groups in total. The van der Waals surface area contributed by atoms with Gasteiger partial charge in [0.2, 0.25) is 0 Å². The minimum Gasteiger partial charge on any atom is -0.310 e. The Morgan fingerprint density at radius 2 is 2.19 bits per heavy atom. The maximum atomic E-state index is 6.24. The first-order valence-electron chi connectivity index (χ1n) is 5.42. The van der Waals surface area contributed by atoms with Crippen molar-refractivity contribution >= 4 is 11.6 Å². The van der Waals surface area contributed by atoms with Gasteiger partial charge < -0.3 is 4.57 Å². The van der Waals surface area contributed by atoms with Crippen LogP contribution in [-0.4, -0.2) is 14.8 Å². The van der Waals surface area contributed by atoms with E-state index in [9.17, 15) is 0 Å². The van der Waals surface area contributed by atoms with Gasteiger partial charge in [0.25, 0.3) is 0 Å². The summed E-state index contributed by atoms with van der Waals surface area (Å²) in [4.78, 5) is 0. The number of hydrogen-bond donors (Lipinski definition) is 0. The van der Waals surface area contributed by atoms with Gasteiger partial charge in [0.15, 0.2) is 5.82 Å². The van der Waals surface area contributed by atoms with Gasteiger partial charge in [-0.2, -0.15) is 0 Å². The molecule has 3 rings (SSSR count). The molecule has 0 unspecified atom stereocenters. The molecule has 0 spiro atoms. The average molecular weight is 234 g/mol. The number of rotatable bonds is 2. The van der Waals surface area contributed by atoms with Gasteiger partial charge in [-0.15, -0.1) is 10.2 Å². The fourth-order valence-corrected chi connectivity index (χ4v) is 2.18. The molecule has 0 bridgehead atoms. The van der Waals surface area contributed by atoms with Crippen LogP contribution in [0.3, 0.4) is 0 Å². The Labute approximate surface area is 99.1 Å². The van der Waals surface area contributed by atoms with Crippen molar-refractivity contribution in [3.8, 4) is 11.4 Å². The third kappa shape index (κ3) is 1.61. The summed E-state index contributed by atoms with van der Waals surface area (Å²) in [6.07, 6.45) is 4.23. The second-order valence-electron chi connectivity index (χ2n) is 4.28. The molecule has 1 aromatic carbocycles. The largest absolute Gasteiger partial charge is 0.310 e. The lowest BCUT2D eigenvalue weighted by Gasteiger charge is -2.06. The lowest BCUT2D eigenvalue weighted by Crippen LogP contribution is -1.96. The fourth-order valence-electron chi connectivity index (χ4n) is 1.86. The molecule has 0 radical (unpaired) electrons. The lowest BCUT2D eigenvalue weighted by atomic mass is 10.1. The summed E-state index contributed by atoms with van der Waals surface area (Å²) in [5.74, 6) is 0.882. The summed E-state index contributed by atoms with van der Waals surface area (Å²) >= 11 is 6.24. The van der Waals surface area contributed by atoms with Gasteiger partial charge in [-0.1, -0.05) is 17.7 Å². The zero-order chi connectivity index (χ0) is 11.1. The first kappa shape index (κ1) is 9.85. The molecule has 82 valence electrons. The van der Waals surface area contributed by atoms with E-state index in [2.05, 4.69) is 14.8 Å². The molecule has 4 heteroatoms. The topological polar surface area (TPSA) is 30.7 Å². The van der Waals surface area contributed by atoms with Crippen LogP contribution in [0.4, 0.5) is 0 Å². The van der Waals surface area contributed by atoms with E-state index in [0.717, 1.165) is 22.0 Å². The Balaban J connectivity index is 2.10. The minimum atomic E-state index is 0.572. The Bertz CT molecular complexity index is 529. The van der Waals surface area contributed by atoms with Crippen LogP contribution in [-0.2, 0) is 0 Å². The van der Waals surface area contributed by atoms with E-state index in [1.54, 1.807) is 6.33 Å². The number of hydrogen-bond acceptors (Lipinski definition) is 2. The Hall–Kier alpha value is -1.35. The highest BCUT2D eigenvalue weighted by molar-refractivity contribution is 6.33. The summed E-state index contributed by atoms with van der Waals surface area (Å²) in [6, 6.07) is 6.60. The summed E-state index contributed by atoms with van der Waals surface area (Å²) in [5.41, 5.74) is 2.13. The average Bonchev–Trinajstić information content (AvgIpc) is 2.98. The maximum Gasteiger partial charge on any atom is 0.165 e. The third-order valence-electron chi connectivity index (χ3n) is 2.88. The van der Waals surface area contributed by atoms with Crippen LogP contribution >= 0.6 is 11.6 Å². The van der Waals surface area contributed by atoms with Gasteiger partial charge in [0, 0.05) is 11.6 Å². The molecule has 0 aliphatic heterocycles. The maximum absolute atomic E-state index is 6.24. The molecule has 1 heterocycles. The molecule has 1 aliphatic rings. The van der Waals surface area contributed by atoms with Crippen LogP contribution < -0.4 is 0 Å². The van der Waals surface area contributed by atoms with Crippen LogP contribution in [0, 0.1) is 6.92 Å². The van der Waals surface area contributed by atoms with Gasteiger partial charge in [0.05, 0.1) is 5.02 Å². The highest BCUT2D eigenvalue weighted by Crippen LogP contribution is 2.38. The van der Waals surface area contributed by atoms with Crippen LogP contribution in [0.2, 0.25) is 5.02 Å². The second-order valence-corrected chi connectivity index (χ2v) is 4.68. The molecule has 0 atom stereocenters. The Morgan fingerprint density at radius 3 is 2.88 bits per heavy atom. The fraction of sp³-hybridized carbons (Fsp3) is 0.333. The molecule has 3 nitrogen and oxygen atoms in total. The van der Waals surface area contributed by atoms with Crippen LogP contribution in [0.15, 0.2) is 24.5 Å². The first-order valence-corrected chi connectivity index (χ1v) is 5.79. The normalized spacial score (nSPS) is 15.4. The molecule has 1 aliphatic carbocycles. The predicted octanol–water partition coefficient (Wildman–Crippen LogP) is 3.24. The molecule has 0 saturated heterocycles. The van der Waals surface area contributed by atoms with Crippen molar-refractivity contribution in [1.29, 1.82) is 0 Å². The smallest absolute Gasteiger partial charge is 0.165 e. The van der Waals surface area contributed by atoms with Crippen molar-refractivity contribution < 1.29 is 0 Å². The quantitative estimate of drug-likeness (QED) is 0.797. The lowest BCUT2D eigenvalue weighted by molar-refractivity contribution is 0.746. The van der Waals surface area contributed by atoms with E-state index in [1.165, 1.54) is 12.8 Å². The molecular formula is C12H12ClN3. The van der Waals surface area contributed by atoms with Crippen molar-refractivity contribution in [2.24, 2.45) is 0 Å². The molecule has 1 saturated carbocycles. The van der Waals surface area contributed by atoms with Crippen LogP contribution in [0.1, 0.15) is 24.4 Å². The summed E-state index contributed by atoms with van der Waals surface area (Å²) < 4.78 is 2.12. The Morgan fingerprint density at radius 1 is 1.38 bits per heavy atom. The van der Waals surface area contributed by atoms with Crippen LogP contribution in [0.25, 0.3) is 11.4 Å². The number of benzene rings is 1. The number of halogens is 1. The van der Waals surface area contributed by atoms with E-state index >= 15 is 0 Å². The van der Waals surface area contributed by atoms with E-state index in [1.807, 2.05) is 25.1 Å². The first-order chi connectivity index (χ1) is 7.75. The van der Waals surface area contributed by atoms with Gasteiger partial charge in [-0.05, 0) is 37.5 Å². The van der Waals surface area contributed by atoms with Crippen molar-refractivity contribution in [2.75, 3.05) is 0 Å². The molecular weight excluding hydrogens is 222 g/mol. The highest BCUT2D eigenvalue weighted by Gasteiger charge is 2.27. The van der Waals surface area contributed by atoms with Gasteiger partial charge in [0.1, 0.15) is 6.33 Å². The highest BCUT2D eigenvalue weighted by atomic mass is 35.5. The predicted molar refractivity (Wildman–Crippen MR) is 63.5 cm³/mol. The zero-order valence-electron chi connectivity index (χ0n) is 9.02. The van der Waals surface area contributed by atoms with Crippen molar-refractivity contribution in [1.82, 2.24) is 14.8 Å². The minimum absolute atomic E-state index is 0.572. The van der Waals surface area contributed by atoms with Crippen molar-refractivity contribution in [3.63, 3.8) is 0 Å². The number of nitrogens with zero attached hydrogens (tertiary/aromatic N) is 3. The van der Waals surface area contributed by atoms with E-state index in [4.69, 9.17) is 11.6 Å². The number of aryl methyl sites for hydroxylation is 1. The molecule has 0 amide bonds. The van der Waals surface area contributed by atoms with Gasteiger partial charge >= 0.3 is 0 Å². The molecule has 1 aromatic heterocycles. The standard InChI is InChI=1S/C12H12ClN3/c1-8-2-5-10(11(13)6-8)12-15-14-7-16(12)9-3-4-9/h2,5-7,9H,3-4H2,1H3. The monoisotopic (exact) mass is 233 g/mol. The molecule has 1 fully saturated rings. The molecule has 16 heavy (non-hydrogen) atoms. The van der Waals surface area contributed by atoms with Crippen LogP contribution in [0.5, 0.6) is 0 Å². The number of aromatic nitrogens is 3. The summed E-state index contributed by atoms with van der Waals surface area (Å²) in [5, 5.41) is 8.89. The van der Waals surface area contributed by atoms with Crippen molar-refractivity contribution in [2.45, 2.75) is 25.8 Å². The van der Waals surface area contributed by atoms with E-state index < -0.39 is 0 Å². The summed E-state index contributed by atoms with van der Waals surface area (Å²) in [6.45, 7) is 2.03. The van der Waals surface area contributed by atoms with E-state index in [-0.39, 0.29) is 0 Å². The van der Waals surface area contributed by atoms with Gasteiger partial charge in [-0.25, -0.2) is 0 Å². The van der Waals surface area contributed by atoms with Crippen molar-refractivity contribution in [3.05, 3.63) is 35.1 Å².